The third kappa shape index (κ3) is 4.26. The van der Waals surface area contributed by atoms with Crippen LogP contribution in [0.15, 0.2) is 29.1 Å². The van der Waals surface area contributed by atoms with Gasteiger partial charge < -0.3 is 9.64 Å². The molecule has 1 saturated heterocycles. The number of para-hydroxylation sites is 2. The van der Waals surface area contributed by atoms with Crippen LogP contribution >= 0.6 is 0 Å². The molecular weight excluding hydrogens is 342 g/mol. The number of piperidine rings is 1. The Morgan fingerprint density at radius 2 is 1.85 bits per heavy atom. The van der Waals surface area contributed by atoms with Gasteiger partial charge in [0.25, 0.3) is 0 Å². The number of aromatic nitrogens is 2. The Balaban J connectivity index is 1.66. The number of hydrogen-bond donors (Lipinski definition) is 0. The summed E-state index contributed by atoms with van der Waals surface area (Å²) in [5.74, 6) is 0.376. The molecule has 0 N–H and O–H groups in total. The second-order valence-electron chi connectivity index (χ2n) is 7.79. The standard InChI is InChI=1S/C21H31N3O3/c1-4-5-12-22-13-10-17(11-14-22)15-27-21(26)24-19-9-7-6-8-18(19)23(16(2)3)20(24)25/h6-9,16-17H,4-5,10-15H2,1-3H3. The number of rotatable bonds is 6. The van der Waals surface area contributed by atoms with Crippen molar-refractivity contribution in [3.8, 4) is 0 Å². The quantitative estimate of drug-likeness (QED) is 0.771. The number of ether oxygens (including phenoxy) is 1. The molecule has 0 amide bonds. The van der Waals surface area contributed by atoms with Crippen molar-refractivity contribution in [3.63, 3.8) is 0 Å². The maximum absolute atomic E-state index is 12.8. The number of hydrogen-bond acceptors (Lipinski definition) is 4. The minimum atomic E-state index is -0.566. The average Bonchev–Trinajstić information content (AvgIpc) is 2.97. The largest absolute Gasteiger partial charge is 0.449 e. The van der Waals surface area contributed by atoms with E-state index in [4.69, 9.17) is 4.74 Å². The first-order valence-electron chi connectivity index (χ1n) is 10.1. The number of imidazole rings is 1. The summed E-state index contributed by atoms with van der Waals surface area (Å²) in [5.41, 5.74) is 1.04. The summed E-state index contributed by atoms with van der Waals surface area (Å²) in [6, 6.07) is 7.35. The average molecular weight is 373 g/mol. The molecule has 1 aliphatic heterocycles. The zero-order valence-electron chi connectivity index (χ0n) is 16.7. The van der Waals surface area contributed by atoms with Crippen molar-refractivity contribution in [3.05, 3.63) is 34.7 Å². The summed E-state index contributed by atoms with van der Waals surface area (Å²) >= 11 is 0. The van der Waals surface area contributed by atoms with Gasteiger partial charge in [0.2, 0.25) is 0 Å². The number of carbonyl (C=O) groups excluding carboxylic acids is 1. The Kier molecular flexibility index (Phi) is 6.37. The van der Waals surface area contributed by atoms with Crippen molar-refractivity contribution in [2.75, 3.05) is 26.2 Å². The van der Waals surface area contributed by atoms with Crippen molar-refractivity contribution < 1.29 is 9.53 Å². The summed E-state index contributed by atoms with van der Waals surface area (Å²) in [7, 11) is 0. The molecular formula is C21H31N3O3. The van der Waals surface area contributed by atoms with Crippen LogP contribution in [-0.2, 0) is 4.74 Å². The lowest BCUT2D eigenvalue weighted by Crippen LogP contribution is -2.37. The molecule has 3 rings (SSSR count). The van der Waals surface area contributed by atoms with E-state index in [2.05, 4.69) is 11.8 Å². The number of unbranched alkanes of at least 4 members (excludes halogenated alkanes) is 1. The topological polar surface area (TPSA) is 56.5 Å². The van der Waals surface area contributed by atoms with Crippen LogP contribution in [-0.4, -0.2) is 46.4 Å². The Hall–Kier alpha value is -2.08. The third-order valence-corrected chi connectivity index (χ3v) is 5.46. The number of carbonyl (C=O) groups is 1. The molecule has 2 heterocycles. The summed E-state index contributed by atoms with van der Waals surface area (Å²) in [4.78, 5) is 28.0. The van der Waals surface area contributed by atoms with Gasteiger partial charge in [-0.15, -0.1) is 0 Å². The van der Waals surface area contributed by atoms with Gasteiger partial charge in [-0.3, -0.25) is 4.57 Å². The van der Waals surface area contributed by atoms with Gasteiger partial charge in [0, 0.05) is 6.04 Å². The van der Waals surface area contributed by atoms with E-state index in [1.807, 2.05) is 32.0 Å². The van der Waals surface area contributed by atoms with Crippen LogP contribution in [0.3, 0.4) is 0 Å². The van der Waals surface area contributed by atoms with Gasteiger partial charge in [-0.1, -0.05) is 25.5 Å². The second-order valence-corrected chi connectivity index (χ2v) is 7.79. The molecule has 0 spiro atoms. The molecule has 6 nitrogen and oxygen atoms in total. The van der Waals surface area contributed by atoms with E-state index in [0.717, 1.165) is 38.0 Å². The zero-order chi connectivity index (χ0) is 19.4. The van der Waals surface area contributed by atoms with Gasteiger partial charge in [0.05, 0.1) is 17.6 Å². The van der Waals surface area contributed by atoms with Crippen LogP contribution in [0.25, 0.3) is 11.0 Å². The Morgan fingerprint density at radius 3 is 2.48 bits per heavy atom. The summed E-state index contributed by atoms with van der Waals surface area (Å²) < 4.78 is 8.37. The van der Waals surface area contributed by atoms with Crippen LogP contribution in [0.2, 0.25) is 0 Å². The maximum Gasteiger partial charge on any atom is 0.422 e. The van der Waals surface area contributed by atoms with Crippen LogP contribution < -0.4 is 5.69 Å². The molecule has 1 fully saturated rings. The summed E-state index contributed by atoms with van der Waals surface area (Å²) in [5, 5.41) is 0. The van der Waals surface area contributed by atoms with Gasteiger partial charge in [-0.25, -0.2) is 9.59 Å². The smallest absolute Gasteiger partial charge is 0.422 e. The van der Waals surface area contributed by atoms with Gasteiger partial charge in [-0.05, 0) is 70.8 Å². The molecule has 0 saturated carbocycles. The minimum Gasteiger partial charge on any atom is -0.449 e. The fourth-order valence-corrected chi connectivity index (χ4v) is 3.86. The van der Waals surface area contributed by atoms with Gasteiger partial charge >= 0.3 is 11.8 Å². The monoisotopic (exact) mass is 373 g/mol. The third-order valence-electron chi connectivity index (χ3n) is 5.46. The number of fused-ring (bicyclic) bond motifs is 1. The molecule has 148 valence electrons. The molecule has 6 heteroatoms. The van der Waals surface area contributed by atoms with E-state index in [1.54, 1.807) is 10.6 Å². The molecule has 0 aliphatic carbocycles. The van der Waals surface area contributed by atoms with Crippen LogP contribution in [0, 0.1) is 5.92 Å². The van der Waals surface area contributed by atoms with E-state index >= 15 is 0 Å². The molecule has 1 aromatic carbocycles. The normalized spacial score (nSPS) is 16.3. The first-order chi connectivity index (χ1) is 13.0. The lowest BCUT2D eigenvalue weighted by Gasteiger charge is -2.31. The maximum atomic E-state index is 12.8. The highest BCUT2D eigenvalue weighted by molar-refractivity contribution is 5.86. The molecule has 27 heavy (non-hydrogen) atoms. The Morgan fingerprint density at radius 1 is 1.19 bits per heavy atom. The summed E-state index contributed by atoms with van der Waals surface area (Å²) in [6.45, 7) is 9.76. The van der Waals surface area contributed by atoms with E-state index in [-0.39, 0.29) is 11.7 Å². The van der Waals surface area contributed by atoms with Crippen molar-refractivity contribution in [2.45, 2.75) is 52.5 Å². The van der Waals surface area contributed by atoms with Crippen LogP contribution in [0.1, 0.15) is 52.5 Å². The van der Waals surface area contributed by atoms with E-state index < -0.39 is 6.09 Å². The predicted octanol–water partition coefficient (Wildman–Crippen LogP) is 3.88. The number of nitrogens with zero attached hydrogens (tertiary/aromatic N) is 3. The molecule has 0 atom stereocenters. The predicted molar refractivity (Wildman–Crippen MR) is 107 cm³/mol. The Labute approximate surface area is 160 Å². The van der Waals surface area contributed by atoms with Crippen LogP contribution in [0.4, 0.5) is 4.79 Å². The second kappa shape index (κ2) is 8.74. The fourth-order valence-electron chi connectivity index (χ4n) is 3.86. The lowest BCUT2D eigenvalue weighted by molar-refractivity contribution is 0.0967. The highest BCUT2D eigenvalue weighted by Crippen LogP contribution is 2.20. The molecule has 0 radical (unpaired) electrons. The van der Waals surface area contributed by atoms with Crippen molar-refractivity contribution in [2.24, 2.45) is 5.92 Å². The molecule has 1 aromatic heterocycles. The van der Waals surface area contributed by atoms with E-state index in [1.165, 1.54) is 17.4 Å². The first kappa shape index (κ1) is 19.7. The Bertz CT molecular complexity index is 829. The van der Waals surface area contributed by atoms with Crippen molar-refractivity contribution in [1.29, 1.82) is 0 Å². The van der Waals surface area contributed by atoms with Gasteiger partial charge in [0.1, 0.15) is 0 Å². The molecule has 0 bridgehead atoms. The highest BCUT2D eigenvalue weighted by atomic mass is 16.5. The first-order valence-corrected chi connectivity index (χ1v) is 10.1. The zero-order valence-corrected chi connectivity index (χ0v) is 16.7. The van der Waals surface area contributed by atoms with E-state index in [9.17, 15) is 9.59 Å². The van der Waals surface area contributed by atoms with Gasteiger partial charge in [-0.2, -0.15) is 4.57 Å². The molecule has 2 aromatic rings. The lowest BCUT2D eigenvalue weighted by atomic mass is 9.98. The van der Waals surface area contributed by atoms with Gasteiger partial charge in [0.15, 0.2) is 0 Å². The minimum absolute atomic E-state index is 0.0242. The van der Waals surface area contributed by atoms with Crippen molar-refractivity contribution >= 4 is 17.1 Å². The van der Waals surface area contributed by atoms with E-state index in [0.29, 0.717) is 18.0 Å². The molecule has 1 aliphatic rings. The number of benzene rings is 1. The summed E-state index contributed by atoms with van der Waals surface area (Å²) in [6.07, 6.45) is 3.97. The highest BCUT2D eigenvalue weighted by Gasteiger charge is 2.23. The number of likely N-dealkylation sites (tertiary alicyclic amines) is 1. The van der Waals surface area contributed by atoms with Crippen molar-refractivity contribution in [1.82, 2.24) is 14.0 Å². The van der Waals surface area contributed by atoms with Crippen LogP contribution in [0.5, 0.6) is 0 Å². The fraction of sp³-hybridized carbons (Fsp3) is 0.619. The molecule has 0 unspecified atom stereocenters. The SMILES string of the molecule is CCCCN1CCC(COC(=O)n2c(=O)n(C(C)C)c3ccccc32)CC1.